The lowest BCUT2D eigenvalue weighted by Crippen LogP contribution is -2.61. The molecule has 2 heteroatoms. The van der Waals surface area contributed by atoms with E-state index in [1.165, 1.54) is 12.8 Å². The molecule has 2 heterocycles. The van der Waals surface area contributed by atoms with Gasteiger partial charge in [0.2, 0.25) is 0 Å². The number of hydrogen-bond donors (Lipinski definition) is 0. The molecular weight excluding hydrogens is 186 g/mol. The van der Waals surface area contributed by atoms with Gasteiger partial charge < -0.3 is 9.64 Å². The summed E-state index contributed by atoms with van der Waals surface area (Å²) in [5.74, 6) is 0.744. The largest absolute Gasteiger partial charge is 0.376 e. The highest BCUT2D eigenvalue weighted by Crippen LogP contribution is 2.41. The summed E-state index contributed by atoms with van der Waals surface area (Å²) in [6, 6.07) is 0.599. The van der Waals surface area contributed by atoms with Gasteiger partial charge in [0.1, 0.15) is 0 Å². The van der Waals surface area contributed by atoms with Gasteiger partial charge in [0.05, 0.1) is 18.8 Å². The zero-order valence-corrected chi connectivity index (χ0v) is 10.4. The third kappa shape index (κ3) is 1.80. The number of hydrogen-bond acceptors (Lipinski definition) is 2. The number of allylic oxidation sites excluding steroid dienone is 1. The van der Waals surface area contributed by atoms with Crippen LogP contribution in [0.1, 0.15) is 40.5 Å². The zero-order valence-electron chi connectivity index (χ0n) is 10.4. The molecule has 0 aromatic carbocycles. The van der Waals surface area contributed by atoms with E-state index in [4.69, 9.17) is 4.74 Å². The van der Waals surface area contributed by atoms with Gasteiger partial charge in [0.15, 0.2) is 0 Å². The van der Waals surface area contributed by atoms with E-state index in [2.05, 4.69) is 38.7 Å². The van der Waals surface area contributed by atoms with Crippen molar-refractivity contribution >= 4 is 0 Å². The van der Waals surface area contributed by atoms with E-state index in [9.17, 15) is 0 Å². The van der Waals surface area contributed by atoms with Crippen LogP contribution in [0.4, 0.5) is 0 Å². The van der Waals surface area contributed by atoms with Gasteiger partial charge in [0, 0.05) is 11.7 Å². The van der Waals surface area contributed by atoms with E-state index in [0.29, 0.717) is 11.6 Å². The minimum Gasteiger partial charge on any atom is -0.376 e. The maximum absolute atomic E-state index is 5.42. The zero-order chi connectivity index (χ0) is 11.1. The molecule has 0 bridgehead atoms. The van der Waals surface area contributed by atoms with Gasteiger partial charge in [-0.25, -0.2) is 0 Å². The van der Waals surface area contributed by atoms with Crippen molar-refractivity contribution in [2.24, 2.45) is 5.92 Å². The molecule has 2 aliphatic heterocycles. The van der Waals surface area contributed by atoms with Crippen LogP contribution >= 0.6 is 0 Å². The van der Waals surface area contributed by atoms with Crippen molar-refractivity contribution in [2.45, 2.75) is 52.1 Å². The van der Waals surface area contributed by atoms with Crippen molar-refractivity contribution < 1.29 is 4.74 Å². The van der Waals surface area contributed by atoms with Crippen molar-refractivity contribution in [1.82, 2.24) is 4.90 Å². The van der Waals surface area contributed by atoms with Crippen molar-refractivity contribution in [3.05, 3.63) is 11.8 Å². The molecule has 0 N–H and O–H groups in total. The van der Waals surface area contributed by atoms with Gasteiger partial charge in [-0.05, 0) is 32.6 Å². The lowest BCUT2D eigenvalue weighted by molar-refractivity contribution is -0.128. The highest BCUT2D eigenvalue weighted by Gasteiger charge is 2.48. The maximum Gasteiger partial charge on any atom is 0.0902 e. The second kappa shape index (κ2) is 3.82. The minimum absolute atomic E-state index is 0.332. The Balaban J connectivity index is 2.12. The average molecular weight is 209 g/mol. The summed E-state index contributed by atoms with van der Waals surface area (Å²) in [7, 11) is 0. The van der Waals surface area contributed by atoms with Crippen LogP contribution in [0.15, 0.2) is 11.8 Å². The third-order valence-electron chi connectivity index (χ3n) is 3.41. The summed E-state index contributed by atoms with van der Waals surface area (Å²) in [4.78, 5) is 2.61. The van der Waals surface area contributed by atoms with E-state index in [1.807, 2.05) is 0 Å². The van der Waals surface area contributed by atoms with Crippen LogP contribution in [0.3, 0.4) is 0 Å². The molecule has 0 saturated carbocycles. The predicted octanol–water partition coefficient (Wildman–Crippen LogP) is 2.80. The third-order valence-corrected chi connectivity index (χ3v) is 3.41. The Labute approximate surface area is 93.3 Å². The van der Waals surface area contributed by atoms with Crippen molar-refractivity contribution in [2.75, 3.05) is 13.2 Å². The van der Waals surface area contributed by atoms with Crippen molar-refractivity contribution in [3.8, 4) is 0 Å². The quantitative estimate of drug-likeness (QED) is 0.708. The first-order chi connectivity index (χ1) is 7.05. The summed E-state index contributed by atoms with van der Waals surface area (Å²) in [6.07, 6.45) is 4.83. The van der Waals surface area contributed by atoms with Crippen LogP contribution in [0.5, 0.6) is 0 Å². The Morgan fingerprint density at radius 1 is 1.33 bits per heavy atom. The van der Waals surface area contributed by atoms with Crippen LogP contribution in [0.25, 0.3) is 0 Å². The standard InChI is InChI=1S/C13H23NO/c1-10(2)7-12-5-6-13(8-15-9-13)14(12)11(3)4/h5,10-11H,6-9H2,1-4H3. The second-order valence-corrected chi connectivity index (χ2v) is 5.68. The molecule has 0 aromatic heterocycles. The molecule has 0 amide bonds. The van der Waals surface area contributed by atoms with E-state index in [0.717, 1.165) is 19.1 Å². The summed E-state index contributed by atoms with van der Waals surface area (Å²) in [5, 5.41) is 0. The minimum atomic E-state index is 0.332. The van der Waals surface area contributed by atoms with Gasteiger partial charge in [0.25, 0.3) is 0 Å². The van der Waals surface area contributed by atoms with Crippen molar-refractivity contribution in [1.29, 1.82) is 0 Å². The number of nitrogens with zero attached hydrogens (tertiary/aromatic N) is 1. The molecule has 0 atom stereocenters. The smallest absolute Gasteiger partial charge is 0.0902 e. The van der Waals surface area contributed by atoms with Crippen LogP contribution in [0.2, 0.25) is 0 Å². The number of rotatable bonds is 3. The maximum atomic E-state index is 5.42. The Hall–Kier alpha value is -0.500. The normalized spacial score (nSPS) is 23.9. The van der Waals surface area contributed by atoms with E-state index in [-0.39, 0.29) is 0 Å². The molecule has 0 unspecified atom stereocenters. The summed E-state index contributed by atoms with van der Waals surface area (Å²) < 4.78 is 5.42. The fourth-order valence-corrected chi connectivity index (χ4v) is 2.88. The predicted molar refractivity (Wildman–Crippen MR) is 62.7 cm³/mol. The van der Waals surface area contributed by atoms with Gasteiger partial charge in [-0.2, -0.15) is 0 Å². The molecule has 1 spiro atoms. The molecule has 0 radical (unpaired) electrons. The Morgan fingerprint density at radius 3 is 2.40 bits per heavy atom. The van der Waals surface area contributed by atoms with Crippen LogP contribution in [0, 0.1) is 5.92 Å². The Kier molecular flexibility index (Phi) is 2.80. The molecule has 2 rings (SSSR count). The first-order valence-corrected chi connectivity index (χ1v) is 6.11. The molecule has 1 fully saturated rings. The number of ether oxygens (including phenoxy) is 1. The van der Waals surface area contributed by atoms with Crippen molar-refractivity contribution in [3.63, 3.8) is 0 Å². The first-order valence-electron chi connectivity index (χ1n) is 6.11. The molecule has 0 aliphatic carbocycles. The topological polar surface area (TPSA) is 12.5 Å². The lowest BCUT2D eigenvalue weighted by atomic mass is 9.92. The Morgan fingerprint density at radius 2 is 2.00 bits per heavy atom. The molecule has 1 saturated heterocycles. The molecule has 15 heavy (non-hydrogen) atoms. The first kappa shape index (κ1) is 11.0. The van der Waals surface area contributed by atoms with E-state index >= 15 is 0 Å². The summed E-state index contributed by atoms with van der Waals surface area (Å²) in [5.41, 5.74) is 1.88. The van der Waals surface area contributed by atoms with Gasteiger partial charge >= 0.3 is 0 Å². The molecule has 0 aromatic rings. The van der Waals surface area contributed by atoms with E-state index in [1.54, 1.807) is 5.70 Å². The molecule has 2 nitrogen and oxygen atoms in total. The molecule has 2 aliphatic rings. The van der Waals surface area contributed by atoms with Crippen LogP contribution in [-0.2, 0) is 4.74 Å². The summed E-state index contributed by atoms with van der Waals surface area (Å²) >= 11 is 0. The highest BCUT2D eigenvalue weighted by atomic mass is 16.5. The average Bonchev–Trinajstić information content (AvgIpc) is 2.41. The van der Waals surface area contributed by atoms with Gasteiger partial charge in [-0.3, -0.25) is 0 Å². The fourth-order valence-electron chi connectivity index (χ4n) is 2.88. The SMILES string of the molecule is CC(C)CC1=CCC2(COC2)N1C(C)C. The highest BCUT2D eigenvalue weighted by molar-refractivity contribution is 5.21. The molecule has 86 valence electrons. The lowest BCUT2D eigenvalue weighted by Gasteiger charge is -2.50. The van der Waals surface area contributed by atoms with E-state index < -0.39 is 0 Å². The monoisotopic (exact) mass is 209 g/mol. The summed E-state index contributed by atoms with van der Waals surface area (Å²) in [6.45, 7) is 11.0. The molecular formula is C13H23NO. The van der Waals surface area contributed by atoms with Gasteiger partial charge in [-0.15, -0.1) is 0 Å². The fraction of sp³-hybridized carbons (Fsp3) is 0.846. The van der Waals surface area contributed by atoms with Crippen LogP contribution in [-0.4, -0.2) is 29.7 Å². The van der Waals surface area contributed by atoms with Crippen LogP contribution < -0.4 is 0 Å². The Bertz CT molecular complexity index is 264. The second-order valence-electron chi connectivity index (χ2n) is 5.68. The van der Waals surface area contributed by atoms with Gasteiger partial charge in [-0.1, -0.05) is 19.9 Å².